The highest BCUT2D eigenvalue weighted by atomic mass is 79.9. The topological polar surface area (TPSA) is 3.24 Å². The van der Waals surface area contributed by atoms with E-state index in [9.17, 15) is 0 Å². The summed E-state index contributed by atoms with van der Waals surface area (Å²) in [4.78, 5) is 2.33. The van der Waals surface area contributed by atoms with Crippen LogP contribution >= 0.6 is 40.2 Å². The minimum atomic E-state index is 0. The summed E-state index contributed by atoms with van der Waals surface area (Å²) in [5.74, 6) is 0.671. The Morgan fingerprint density at radius 2 is 1.75 bits per heavy atom. The first-order valence-electron chi connectivity index (χ1n) is 4.28. The quantitative estimate of drug-likeness (QED) is 0.565. The zero-order chi connectivity index (χ0) is 8.10. The molecule has 0 radical (unpaired) electrons. The Kier molecular flexibility index (Phi) is 8.06. The van der Waals surface area contributed by atoms with Crippen LogP contribution < -0.4 is 0 Å². The average molecular weight is 277 g/mol. The normalized spacial score (nSPS) is 21.5. The summed E-state index contributed by atoms with van der Waals surface area (Å²) in [5, 5.41) is 0. The molecule has 4 heteroatoms. The first-order valence-corrected chi connectivity index (χ1v) is 5.26. The van der Waals surface area contributed by atoms with E-state index in [-0.39, 0.29) is 22.5 Å². The molecule has 1 atom stereocenters. The van der Waals surface area contributed by atoms with E-state index in [0.717, 1.165) is 19.5 Å². The van der Waals surface area contributed by atoms with Crippen molar-refractivity contribution in [3.05, 3.63) is 0 Å². The molecule has 0 N–H and O–H groups in total. The van der Waals surface area contributed by atoms with Gasteiger partial charge in [-0.25, -0.2) is 0 Å². The number of rotatable bonds is 3. The number of nitrogens with zero attached hydrogens (tertiary/aromatic N) is 1. The fraction of sp³-hybridized carbons (Fsp3) is 1.00. The lowest BCUT2D eigenvalue weighted by molar-refractivity contribution is 0.206. The van der Waals surface area contributed by atoms with Gasteiger partial charge in [-0.3, -0.25) is 4.90 Å². The van der Waals surface area contributed by atoms with E-state index in [4.69, 9.17) is 23.2 Å². The first kappa shape index (κ1) is 13.0. The highest BCUT2D eigenvalue weighted by Crippen LogP contribution is 2.16. The van der Waals surface area contributed by atoms with Crippen molar-refractivity contribution in [1.82, 2.24) is 4.90 Å². The van der Waals surface area contributed by atoms with Crippen molar-refractivity contribution in [3.8, 4) is 0 Å². The number of halogens is 3. The lowest BCUT2D eigenvalue weighted by Gasteiger charge is -2.30. The van der Waals surface area contributed by atoms with Crippen LogP contribution in [0.1, 0.15) is 25.7 Å². The highest BCUT2D eigenvalue weighted by Gasteiger charge is 2.16. The molecule has 0 saturated carbocycles. The molecule has 1 nitrogen and oxygen atoms in total. The Balaban J connectivity index is 0.00000121. The van der Waals surface area contributed by atoms with E-state index < -0.39 is 0 Å². The van der Waals surface area contributed by atoms with Crippen molar-refractivity contribution < 1.29 is 0 Å². The maximum Gasteiger partial charge on any atom is 0.0861 e. The lowest BCUT2D eigenvalue weighted by atomic mass is 10.1. The van der Waals surface area contributed by atoms with Crippen LogP contribution in [-0.4, -0.2) is 29.4 Å². The number of hydrogen-bond acceptors (Lipinski definition) is 1. The van der Waals surface area contributed by atoms with Crippen LogP contribution in [0.25, 0.3) is 0 Å². The highest BCUT2D eigenvalue weighted by molar-refractivity contribution is 8.93. The Bertz CT molecular complexity index is 107. The van der Waals surface area contributed by atoms with E-state index in [1.165, 1.54) is 19.3 Å². The molecule has 0 bridgehead atoms. The molecule has 1 aliphatic heterocycles. The van der Waals surface area contributed by atoms with E-state index in [1.54, 1.807) is 0 Å². The molecular formula is C8H16BrCl2N. The van der Waals surface area contributed by atoms with Crippen molar-refractivity contribution in [3.63, 3.8) is 0 Å². The molecule has 1 unspecified atom stereocenters. The van der Waals surface area contributed by atoms with Crippen LogP contribution in [0.5, 0.6) is 0 Å². The van der Waals surface area contributed by atoms with Crippen molar-refractivity contribution in [2.24, 2.45) is 0 Å². The second kappa shape index (κ2) is 7.43. The van der Waals surface area contributed by atoms with E-state index in [0.29, 0.717) is 5.88 Å². The zero-order valence-corrected chi connectivity index (χ0v) is 10.4. The largest absolute Gasteiger partial charge is 0.287 e. The third-order valence-electron chi connectivity index (χ3n) is 2.13. The van der Waals surface area contributed by atoms with Crippen molar-refractivity contribution >= 4 is 40.2 Å². The van der Waals surface area contributed by atoms with Gasteiger partial charge in [-0.15, -0.1) is 40.2 Å². The predicted molar refractivity (Wildman–Crippen MR) is 60.7 cm³/mol. The molecule has 0 aromatic heterocycles. The molecule has 1 heterocycles. The summed E-state index contributed by atoms with van der Waals surface area (Å²) in [7, 11) is 0. The van der Waals surface area contributed by atoms with E-state index >= 15 is 0 Å². The number of hydrogen-bond donors (Lipinski definition) is 0. The minimum absolute atomic E-state index is 0. The zero-order valence-electron chi connectivity index (χ0n) is 7.14. The smallest absolute Gasteiger partial charge is 0.0861 e. The van der Waals surface area contributed by atoms with Crippen LogP contribution in [-0.2, 0) is 0 Å². The van der Waals surface area contributed by atoms with Gasteiger partial charge in [-0.1, -0.05) is 6.42 Å². The lowest BCUT2D eigenvalue weighted by Crippen LogP contribution is -2.36. The van der Waals surface area contributed by atoms with Crippen molar-refractivity contribution in [2.75, 3.05) is 19.0 Å². The monoisotopic (exact) mass is 275 g/mol. The van der Waals surface area contributed by atoms with Gasteiger partial charge in [-0.2, -0.15) is 0 Å². The van der Waals surface area contributed by atoms with Crippen LogP contribution in [0.2, 0.25) is 0 Å². The molecule has 0 aliphatic carbocycles. The van der Waals surface area contributed by atoms with Crippen LogP contribution in [0, 0.1) is 0 Å². The maximum absolute atomic E-state index is 6.10. The van der Waals surface area contributed by atoms with Gasteiger partial charge < -0.3 is 0 Å². The predicted octanol–water partition coefficient (Wildman–Crippen LogP) is 3.24. The van der Waals surface area contributed by atoms with Gasteiger partial charge in [0.2, 0.25) is 0 Å². The summed E-state index contributed by atoms with van der Waals surface area (Å²) in [6.07, 6.45) is 4.86. The average Bonchev–Trinajstić information content (AvgIpc) is 2.07. The van der Waals surface area contributed by atoms with E-state index in [1.807, 2.05) is 0 Å². The number of piperidine rings is 1. The fourth-order valence-corrected chi connectivity index (χ4v) is 2.09. The molecule has 74 valence electrons. The van der Waals surface area contributed by atoms with Crippen molar-refractivity contribution in [1.29, 1.82) is 0 Å². The minimum Gasteiger partial charge on any atom is -0.287 e. The van der Waals surface area contributed by atoms with Gasteiger partial charge in [-0.05, 0) is 32.4 Å². The van der Waals surface area contributed by atoms with E-state index in [2.05, 4.69) is 4.90 Å². The third-order valence-corrected chi connectivity index (χ3v) is 2.85. The Hall–Kier alpha value is 1.02. The molecule has 1 aliphatic rings. The van der Waals surface area contributed by atoms with Crippen LogP contribution in [0.4, 0.5) is 0 Å². The van der Waals surface area contributed by atoms with Crippen molar-refractivity contribution in [2.45, 2.75) is 31.2 Å². The second-order valence-corrected chi connectivity index (χ2v) is 3.89. The number of alkyl halides is 2. The first-order chi connectivity index (χ1) is 5.34. The van der Waals surface area contributed by atoms with Gasteiger partial charge in [0.05, 0.1) is 5.50 Å². The summed E-state index contributed by atoms with van der Waals surface area (Å²) in [5.41, 5.74) is 0.174. The molecule has 1 saturated heterocycles. The Morgan fingerprint density at radius 1 is 1.17 bits per heavy atom. The van der Waals surface area contributed by atoms with Gasteiger partial charge in [0.25, 0.3) is 0 Å². The summed E-state index contributed by atoms with van der Waals surface area (Å²) >= 11 is 11.7. The molecule has 1 rings (SSSR count). The second-order valence-electron chi connectivity index (χ2n) is 3.01. The fourth-order valence-electron chi connectivity index (χ4n) is 1.47. The summed E-state index contributed by atoms with van der Waals surface area (Å²) in [6.45, 7) is 2.32. The Morgan fingerprint density at radius 3 is 2.25 bits per heavy atom. The van der Waals surface area contributed by atoms with Gasteiger partial charge in [0, 0.05) is 5.88 Å². The molecule has 0 spiro atoms. The molecular weight excluding hydrogens is 261 g/mol. The van der Waals surface area contributed by atoms with Crippen LogP contribution in [0.15, 0.2) is 0 Å². The molecule has 12 heavy (non-hydrogen) atoms. The SMILES string of the molecule is Br.ClCCC(Cl)N1CCCCC1. The summed E-state index contributed by atoms with van der Waals surface area (Å²) in [6, 6.07) is 0. The summed E-state index contributed by atoms with van der Waals surface area (Å²) < 4.78 is 0. The third kappa shape index (κ3) is 4.31. The van der Waals surface area contributed by atoms with Crippen LogP contribution in [0.3, 0.4) is 0 Å². The van der Waals surface area contributed by atoms with Gasteiger partial charge >= 0.3 is 0 Å². The number of likely N-dealkylation sites (tertiary alicyclic amines) is 1. The standard InChI is InChI=1S/C8H15Cl2N.BrH/c9-5-4-8(10)11-6-2-1-3-7-11;/h8H,1-7H2;1H. The molecule has 0 aromatic rings. The molecule has 0 aromatic carbocycles. The van der Waals surface area contributed by atoms with Gasteiger partial charge in [0.1, 0.15) is 0 Å². The van der Waals surface area contributed by atoms with Gasteiger partial charge in [0.15, 0.2) is 0 Å². The Labute approximate surface area is 95.2 Å². The maximum atomic E-state index is 6.10. The molecule has 1 fully saturated rings. The molecule has 0 amide bonds.